The van der Waals surface area contributed by atoms with Gasteiger partial charge in [-0.05, 0) is 40.0 Å². The van der Waals surface area contributed by atoms with Gasteiger partial charge in [-0.2, -0.15) is 0 Å². The number of aliphatic hydroxyl groups excluding tert-OH is 1. The minimum Gasteiger partial charge on any atom is -0.454 e. The van der Waals surface area contributed by atoms with E-state index < -0.39 is 0 Å². The zero-order valence-corrected chi connectivity index (χ0v) is 8.50. The molecule has 3 nitrogen and oxygen atoms in total. The van der Waals surface area contributed by atoms with Crippen molar-refractivity contribution in [3.63, 3.8) is 0 Å². The minimum atomic E-state index is 0.145. The monoisotopic (exact) mass is 244 g/mol. The smallest absolute Gasteiger partial charge is 0.231 e. The molecule has 4 heteroatoms. The molecular weight excluding hydrogens is 236 g/mol. The number of hydrogen-bond acceptors (Lipinski definition) is 3. The maximum absolute atomic E-state index is 8.77. The highest BCUT2D eigenvalue weighted by Crippen LogP contribution is 2.39. The highest BCUT2D eigenvalue weighted by Gasteiger charge is 2.17. The van der Waals surface area contributed by atoms with Crippen molar-refractivity contribution in [3.8, 4) is 11.5 Å². The van der Waals surface area contributed by atoms with E-state index >= 15 is 0 Å². The first-order chi connectivity index (χ1) is 6.31. The van der Waals surface area contributed by atoms with Crippen molar-refractivity contribution in [1.82, 2.24) is 0 Å². The van der Waals surface area contributed by atoms with Crippen molar-refractivity contribution >= 4 is 15.9 Å². The Labute approximate surface area is 84.4 Å². The summed E-state index contributed by atoms with van der Waals surface area (Å²) in [5.74, 6) is 1.50. The molecule has 0 amide bonds. The Morgan fingerprint density at radius 2 is 2.23 bits per heavy atom. The normalized spacial score (nSPS) is 13.4. The van der Waals surface area contributed by atoms with Gasteiger partial charge in [-0.15, -0.1) is 0 Å². The summed E-state index contributed by atoms with van der Waals surface area (Å²) in [4.78, 5) is 0. The van der Waals surface area contributed by atoms with Gasteiger partial charge in [0.1, 0.15) is 0 Å². The van der Waals surface area contributed by atoms with Crippen LogP contribution >= 0.6 is 15.9 Å². The first-order valence-corrected chi connectivity index (χ1v) is 4.79. The highest BCUT2D eigenvalue weighted by atomic mass is 79.9. The van der Waals surface area contributed by atoms with E-state index in [0.717, 1.165) is 21.5 Å². The van der Waals surface area contributed by atoms with Crippen LogP contribution < -0.4 is 9.47 Å². The molecule has 0 radical (unpaired) electrons. The van der Waals surface area contributed by atoms with Crippen molar-refractivity contribution in [2.24, 2.45) is 0 Å². The molecule has 2 rings (SSSR count). The Morgan fingerprint density at radius 3 is 3.00 bits per heavy atom. The van der Waals surface area contributed by atoms with Gasteiger partial charge in [0, 0.05) is 6.61 Å². The van der Waals surface area contributed by atoms with Crippen molar-refractivity contribution < 1.29 is 14.6 Å². The standard InChI is InChI=1S/C9H9BrO3/c10-7-3-6(1-2-11)4-8-9(7)13-5-12-8/h3-4,11H,1-2,5H2. The molecule has 0 saturated heterocycles. The average molecular weight is 245 g/mol. The Kier molecular flexibility index (Phi) is 2.42. The van der Waals surface area contributed by atoms with E-state index in [0.29, 0.717) is 6.42 Å². The van der Waals surface area contributed by atoms with E-state index in [2.05, 4.69) is 15.9 Å². The second-order valence-corrected chi connectivity index (χ2v) is 3.64. The third-order valence-corrected chi connectivity index (χ3v) is 2.48. The van der Waals surface area contributed by atoms with Gasteiger partial charge >= 0.3 is 0 Å². The lowest BCUT2D eigenvalue weighted by atomic mass is 10.1. The molecule has 1 aromatic carbocycles. The number of rotatable bonds is 2. The van der Waals surface area contributed by atoms with E-state index in [-0.39, 0.29) is 13.4 Å². The number of fused-ring (bicyclic) bond motifs is 1. The molecule has 0 aromatic heterocycles. The molecule has 1 aliphatic heterocycles. The zero-order chi connectivity index (χ0) is 9.26. The molecule has 0 unspecified atom stereocenters. The van der Waals surface area contributed by atoms with Crippen molar-refractivity contribution in [2.75, 3.05) is 13.4 Å². The number of ether oxygens (including phenoxy) is 2. The first kappa shape index (κ1) is 8.84. The van der Waals surface area contributed by atoms with Crippen LogP contribution in [0.4, 0.5) is 0 Å². The van der Waals surface area contributed by atoms with Gasteiger partial charge in [0.05, 0.1) is 4.47 Å². The maximum Gasteiger partial charge on any atom is 0.231 e. The molecule has 70 valence electrons. The lowest BCUT2D eigenvalue weighted by Gasteiger charge is -2.03. The van der Waals surface area contributed by atoms with Gasteiger partial charge in [-0.25, -0.2) is 0 Å². The van der Waals surface area contributed by atoms with Crippen LogP contribution in [0.3, 0.4) is 0 Å². The number of aliphatic hydroxyl groups is 1. The first-order valence-electron chi connectivity index (χ1n) is 4.00. The number of hydrogen-bond donors (Lipinski definition) is 1. The van der Waals surface area contributed by atoms with E-state index in [1.165, 1.54) is 0 Å². The van der Waals surface area contributed by atoms with E-state index in [9.17, 15) is 0 Å². The van der Waals surface area contributed by atoms with Gasteiger partial charge in [0.25, 0.3) is 0 Å². The van der Waals surface area contributed by atoms with Gasteiger partial charge in [0.15, 0.2) is 11.5 Å². The molecule has 1 N–H and O–H groups in total. The molecule has 13 heavy (non-hydrogen) atoms. The molecule has 1 aromatic rings. The van der Waals surface area contributed by atoms with Crippen LogP contribution in [0.5, 0.6) is 11.5 Å². The van der Waals surface area contributed by atoms with Crippen LogP contribution in [-0.4, -0.2) is 18.5 Å². The van der Waals surface area contributed by atoms with Gasteiger partial charge in [-0.1, -0.05) is 0 Å². The second-order valence-electron chi connectivity index (χ2n) is 2.79. The lowest BCUT2D eigenvalue weighted by molar-refractivity contribution is 0.173. The number of benzene rings is 1. The summed E-state index contributed by atoms with van der Waals surface area (Å²) >= 11 is 3.38. The van der Waals surface area contributed by atoms with E-state index in [4.69, 9.17) is 14.6 Å². The topological polar surface area (TPSA) is 38.7 Å². The quantitative estimate of drug-likeness (QED) is 0.862. The Hall–Kier alpha value is -0.740. The predicted molar refractivity (Wildman–Crippen MR) is 51.1 cm³/mol. The van der Waals surface area contributed by atoms with Crippen LogP contribution in [0.1, 0.15) is 5.56 Å². The highest BCUT2D eigenvalue weighted by molar-refractivity contribution is 9.10. The van der Waals surface area contributed by atoms with Crippen LogP contribution in [0.2, 0.25) is 0 Å². The largest absolute Gasteiger partial charge is 0.454 e. The maximum atomic E-state index is 8.77. The Balaban J connectivity index is 2.37. The summed E-state index contributed by atoms with van der Waals surface area (Å²) < 4.78 is 11.3. The van der Waals surface area contributed by atoms with Gasteiger partial charge in [0.2, 0.25) is 6.79 Å². The van der Waals surface area contributed by atoms with E-state index in [1.54, 1.807) is 0 Å². The third kappa shape index (κ3) is 1.64. The second kappa shape index (κ2) is 3.55. The van der Waals surface area contributed by atoms with Crippen molar-refractivity contribution in [3.05, 3.63) is 22.2 Å². The lowest BCUT2D eigenvalue weighted by Crippen LogP contribution is -1.93. The summed E-state index contributed by atoms with van der Waals surface area (Å²) in [6, 6.07) is 3.83. The molecule has 0 fully saturated rings. The zero-order valence-electron chi connectivity index (χ0n) is 6.92. The van der Waals surface area contributed by atoms with Gasteiger partial charge < -0.3 is 14.6 Å². The van der Waals surface area contributed by atoms with E-state index in [1.807, 2.05) is 12.1 Å². The van der Waals surface area contributed by atoms with Crippen molar-refractivity contribution in [1.29, 1.82) is 0 Å². The minimum absolute atomic E-state index is 0.145. The van der Waals surface area contributed by atoms with Crippen LogP contribution in [-0.2, 0) is 6.42 Å². The summed E-state index contributed by atoms with van der Waals surface area (Å²) in [7, 11) is 0. The van der Waals surface area contributed by atoms with Crippen LogP contribution in [0, 0.1) is 0 Å². The van der Waals surface area contributed by atoms with Crippen molar-refractivity contribution in [2.45, 2.75) is 6.42 Å². The fourth-order valence-corrected chi connectivity index (χ4v) is 1.90. The molecule has 0 bridgehead atoms. The third-order valence-electron chi connectivity index (χ3n) is 1.89. The molecule has 0 spiro atoms. The van der Waals surface area contributed by atoms with Crippen LogP contribution in [0.25, 0.3) is 0 Å². The SMILES string of the molecule is OCCc1cc(Br)c2c(c1)OCO2. The molecular formula is C9H9BrO3. The Bertz CT molecular complexity index is 325. The van der Waals surface area contributed by atoms with Gasteiger partial charge in [-0.3, -0.25) is 0 Å². The fourth-order valence-electron chi connectivity index (χ4n) is 1.29. The Morgan fingerprint density at radius 1 is 1.38 bits per heavy atom. The summed E-state index contributed by atoms with van der Waals surface area (Å²) in [5.41, 5.74) is 1.04. The molecule has 0 aliphatic carbocycles. The fraction of sp³-hybridized carbons (Fsp3) is 0.333. The average Bonchev–Trinajstić information content (AvgIpc) is 2.53. The molecule has 0 atom stereocenters. The van der Waals surface area contributed by atoms with Crippen LogP contribution in [0.15, 0.2) is 16.6 Å². The summed E-state index contributed by atoms with van der Waals surface area (Å²) in [5, 5.41) is 8.77. The summed E-state index contributed by atoms with van der Waals surface area (Å²) in [6.07, 6.45) is 0.634. The molecule has 0 saturated carbocycles. The predicted octanol–water partition coefficient (Wildman–Crippen LogP) is 1.71. The molecule has 1 aliphatic rings. The summed E-state index contributed by atoms with van der Waals surface area (Å²) in [6.45, 7) is 0.419. The number of halogens is 1. The molecule has 1 heterocycles.